The van der Waals surface area contributed by atoms with Crippen LogP contribution in [-0.4, -0.2) is 34.3 Å². The van der Waals surface area contributed by atoms with Crippen molar-refractivity contribution in [2.75, 3.05) is 10.6 Å². The van der Waals surface area contributed by atoms with Crippen LogP contribution in [0, 0.1) is 0 Å². The molecule has 4 rings (SSSR count). The van der Waals surface area contributed by atoms with Gasteiger partial charge in [-0.25, -0.2) is 0 Å². The molecule has 35 heavy (non-hydrogen) atoms. The van der Waals surface area contributed by atoms with Crippen molar-refractivity contribution >= 4 is 46.3 Å². The van der Waals surface area contributed by atoms with E-state index in [0.717, 1.165) is 0 Å². The van der Waals surface area contributed by atoms with Crippen LogP contribution in [0.2, 0.25) is 0 Å². The van der Waals surface area contributed by atoms with E-state index in [9.17, 15) is 29.1 Å². The minimum absolute atomic E-state index is 0.0125. The molecule has 0 bridgehead atoms. The highest BCUT2D eigenvalue weighted by molar-refractivity contribution is 6.39. The fourth-order valence-electron chi connectivity index (χ4n) is 3.90. The van der Waals surface area contributed by atoms with Crippen molar-refractivity contribution in [2.24, 2.45) is 0 Å². The van der Waals surface area contributed by atoms with Gasteiger partial charge in [0.15, 0.2) is 17.3 Å². The van der Waals surface area contributed by atoms with Crippen LogP contribution in [0.15, 0.2) is 77.9 Å². The van der Waals surface area contributed by atoms with Crippen LogP contribution in [0.4, 0.5) is 11.4 Å². The molecule has 0 fully saturated rings. The SMILES string of the molecule is CC(=O)Nc1ccc2c(c1)C(=O)/C(=C/C=C/C=C/C1=C(O)c3cc(NC(C)=O)ccc3C1=O)C2=O. The van der Waals surface area contributed by atoms with Crippen LogP contribution >= 0.6 is 0 Å². The lowest BCUT2D eigenvalue weighted by molar-refractivity contribution is -0.115. The number of rotatable bonds is 5. The fraction of sp³-hybridized carbons (Fsp3) is 0.0741. The molecule has 2 aromatic rings. The average Bonchev–Trinajstić information content (AvgIpc) is 3.17. The van der Waals surface area contributed by atoms with Gasteiger partial charge in [-0.2, -0.15) is 0 Å². The van der Waals surface area contributed by atoms with Gasteiger partial charge in [0.1, 0.15) is 5.76 Å². The van der Waals surface area contributed by atoms with E-state index >= 15 is 0 Å². The minimum atomic E-state index is -0.442. The number of hydrogen-bond donors (Lipinski definition) is 3. The zero-order valence-electron chi connectivity index (χ0n) is 18.8. The first-order valence-corrected chi connectivity index (χ1v) is 10.6. The number of carbonyl (C=O) groups is 5. The Bertz CT molecular complexity index is 1460. The van der Waals surface area contributed by atoms with E-state index in [1.54, 1.807) is 12.1 Å². The quantitative estimate of drug-likeness (QED) is 0.343. The van der Waals surface area contributed by atoms with Gasteiger partial charge in [0.2, 0.25) is 11.8 Å². The first-order valence-electron chi connectivity index (χ1n) is 10.6. The Balaban J connectivity index is 1.50. The summed E-state index contributed by atoms with van der Waals surface area (Å²) in [6, 6.07) is 9.17. The average molecular weight is 468 g/mol. The maximum Gasteiger partial charge on any atom is 0.221 e. The number of aliphatic hydroxyl groups excluding tert-OH is 1. The molecular weight excluding hydrogens is 448 g/mol. The number of allylic oxidation sites excluding steroid dienone is 7. The van der Waals surface area contributed by atoms with Gasteiger partial charge in [0.05, 0.1) is 11.1 Å². The Kier molecular flexibility index (Phi) is 6.12. The Morgan fingerprint density at radius 2 is 1.26 bits per heavy atom. The van der Waals surface area contributed by atoms with E-state index in [2.05, 4.69) is 10.6 Å². The summed E-state index contributed by atoms with van der Waals surface area (Å²) >= 11 is 0. The lowest BCUT2D eigenvalue weighted by Crippen LogP contribution is -2.06. The van der Waals surface area contributed by atoms with Crippen molar-refractivity contribution < 1.29 is 29.1 Å². The molecule has 2 aliphatic rings. The van der Waals surface area contributed by atoms with E-state index in [1.807, 2.05) is 0 Å². The minimum Gasteiger partial charge on any atom is -0.507 e. The molecule has 2 aromatic carbocycles. The van der Waals surface area contributed by atoms with E-state index in [1.165, 1.54) is 68.5 Å². The summed E-state index contributed by atoms with van der Waals surface area (Å²) in [5, 5.41) is 15.7. The van der Waals surface area contributed by atoms with Crippen molar-refractivity contribution in [1.29, 1.82) is 0 Å². The first-order chi connectivity index (χ1) is 16.7. The number of Topliss-reactive ketones (excluding diaryl/α,β-unsaturated/α-hetero) is 3. The fourth-order valence-corrected chi connectivity index (χ4v) is 3.90. The molecule has 0 saturated heterocycles. The zero-order chi connectivity index (χ0) is 25.3. The molecule has 0 aromatic heterocycles. The molecule has 8 nitrogen and oxygen atoms in total. The highest BCUT2D eigenvalue weighted by Crippen LogP contribution is 2.34. The summed E-state index contributed by atoms with van der Waals surface area (Å²) < 4.78 is 0. The van der Waals surface area contributed by atoms with Crippen molar-refractivity contribution in [3.63, 3.8) is 0 Å². The third-order valence-electron chi connectivity index (χ3n) is 5.41. The van der Waals surface area contributed by atoms with Crippen molar-refractivity contribution in [1.82, 2.24) is 0 Å². The van der Waals surface area contributed by atoms with Gasteiger partial charge in [-0.3, -0.25) is 24.0 Å². The molecule has 2 aliphatic carbocycles. The van der Waals surface area contributed by atoms with Crippen molar-refractivity contribution in [2.45, 2.75) is 13.8 Å². The predicted molar refractivity (Wildman–Crippen MR) is 130 cm³/mol. The molecule has 0 heterocycles. The number of fused-ring (bicyclic) bond motifs is 2. The summed E-state index contributed by atoms with van der Waals surface area (Å²) in [4.78, 5) is 60.3. The van der Waals surface area contributed by atoms with Crippen LogP contribution in [0.3, 0.4) is 0 Å². The van der Waals surface area contributed by atoms with Gasteiger partial charge in [0, 0.05) is 47.5 Å². The molecule has 0 unspecified atom stereocenters. The number of benzene rings is 2. The third kappa shape index (κ3) is 4.49. The molecule has 174 valence electrons. The number of carbonyl (C=O) groups excluding carboxylic acids is 5. The molecule has 0 radical (unpaired) electrons. The Labute approximate surface area is 200 Å². The second kappa shape index (κ2) is 9.18. The van der Waals surface area contributed by atoms with E-state index < -0.39 is 11.6 Å². The lowest BCUT2D eigenvalue weighted by Gasteiger charge is -2.04. The van der Waals surface area contributed by atoms with E-state index in [0.29, 0.717) is 22.5 Å². The number of aliphatic hydroxyl groups is 1. The number of hydrogen-bond acceptors (Lipinski definition) is 6. The zero-order valence-corrected chi connectivity index (χ0v) is 18.8. The van der Waals surface area contributed by atoms with Gasteiger partial charge in [-0.15, -0.1) is 0 Å². The number of nitrogens with one attached hydrogen (secondary N) is 2. The summed E-state index contributed by atoms with van der Waals surface area (Å²) in [7, 11) is 0. The van der Waals surface area contributed by atoms with Crippen molar-refractivity contribution in [3.8, 4) is 0 Å². The smallest absolute Gasteiger partial charge is 0.221 e. The monoisotopic (exact) mass is 468 g/mol. The molecule has 0 saturated carbocycles. The van der Waals surface area contributed by atoms with E-state index in [4.69, 9.17) is 0 Å². The summed E-state index contributed by atoms with van der Waals surface area (Å²) in [5.41, 5.74) is 2.10. The maximum atomic E-state index is 12.7. The maximum absolute atomic E-state index is 12.7. The van der Waals surface area contributed by atoms with Crippen LogP contribution in [0.5, 0.6) is 0 Å². The van der Waals surface area contributed by atoms with Gasteiger partial charge < -0.3 is 15.7 Å². The summed E-state index contributed by atoms with van der Waals surface area (Å²) in [6.45, 7) is 2.71. The Morgan fingerprint density at radius 3 is 1.86 bits per heavy atom. The third-order valence-corrected chi connectivity index (χ3v) is 5.41. The molecule has 0 atom stereocenters. The van der Waals surface area contributed by atoms with Crippen molar-refractivity contribution in [3.05, 3.63) is 100 Å². The first kappa shape index (κ1) is 23.3. The lowest BCUT2D eigenvalue weighted by atomic mass is 10.1. The highest BCUT2D eigenvalue weighted by Gasteiger charge is 2.33. The molecular formula is C27H20N2O6. The highest BCUT2D eigenvalue weighted by atomic mass is 16.3. The van der Waals surface area contributed by atoms with E-state index in [-0.39, 0.29) is 45.6 Å². The largest absolute Gasteiger partial charge is 0.507 e. The van der Waals surface area contributed by atoms with Gasteiger partial charge in [0.25, 0.3) is 0 Å². The van der Waals surface area contributed by atoms with Gasteiger partial charge >= 0.3 is 0 Å². The van der Waals surface area contributed by atoms with Crippen LogP contribution in [0.25, 0.3) is 5.76 Å². The molecule has 3 N–H and O–H groups in total. The van der Waals surface area contributed by atoms with Crippen LogP contribution < -0.4 is 10.6 Å². The Hall–Kier alpha value is -4.85. The molecule has 0 aliphatic heterocycles. The molecule has 8 heteroatoms. The standard InChI is InChI=1S/C27H20N2O6/c1-14(30)28-16-8-10-18-22(12-16)26(34)20(24(18)32)6-4-3-5-7-21-25(33)19-11-9-17(29-15(2)31)13-23(19)27(21)35/h3-13,34H,1-2H3,(H,28,30)(H,29,31)/b5-3+,6-4+,21-7+. The normalized spacial score (nSPS) is 15.9. The van der Waals surface area contributed by atoms with Gasteiger partial charge in [-0.05, 0) is 48.6 Å². The number of ketones is 3. The summed E-state index contributed by atoms with van der Waals surface area (Å²) in [6.07, 6.45) is 7.33. The molecule has 0 spiro atoms. The second-order valence-corrected chi connectivity index (χ2v) is 7.96. The number of amides is 2. The topological polar surface area (TPSA) is 130 Å². The van der Waals surface area contributed by atoms with Crippen LogP contribution in [-0.2, 0) is 9.59 Å². The van der Waals surface area contributed by atoms with Gasteiger partial charge in [-0.1, -0.05) is 18.2 Å². The molecule has 2 amide bonds. The van der Waals surface area contributed by atoms with Crippen LogP contribution in [0.1, 0.15) is 50.5 Å². The predicted octanol–water partition coefficient (Wildman–Crippen LogP) is 4.19. The number of anilines is 2. The second-order valence-electron chi connectivity index (χ2n) is 7.96. The summed E-state index contributed by atoms with van der Waals surface area (Å²) in [5.74, 6) is -1.97. The Morgan fingerprint density at radius 1 is 0.714 bits per heavy atom.